The van der Waals surface area contributed by atoms with Crippen LogP contribution in [0.15, 0.2) is 0 Å². The molecular formula is C9H19NO. The Morgan fingerprint density at radius 1 is 1.45 bits per heavy atom. The Labute approximate surface area is 69.2 Å². The summed E-state index contributed by atoms with van der Waals surface area (Å²) in [5.74, 6) is 0.247. The molecule has 0 aliphatic heterocycles. The molecule has 2 nitrogen and oxygen atoms in total. The van der Waals surface area contributed by atoms with Crippen LogP contribution in [0.2, 0.25) is 0 Å². The Balaban J connectivity index is 3.22. The molecule has 11 heavy (non-hydrogen) atoms. The van der Waals surface area contributed by atoms with Crippen molar-refractivity contribution in [3.63, 3.8) is 0 Å². The maximum Gasteiger partial charge on any atom is 0.129 e. The van der Waals surface area contributed by atoms with Gasteiger partial charge in [0.2, 0.25) is 0 Å². The summed E-state index contributed by atoms with van der Waals surface area (Å²) in [6.45, 7) is 3.77. The highest BCUT2D eigenvalue weighted by atomic mass is 16.1. The molecular weight excluding hydrogens is 138 g/mol. The maximum absolute atomic E-state index is 10.6. The molecule has 0 rings (SSSR count). The molecule has 0 aromatic rings. The Morgan fingerprint density at radius 3 is 2.55 bits per heavy atom. The molecule has 0 aromatic heterocycles. The van der Waals surface area contributed by atoms with Crippen molar-refractivity contribution in [2.24, 2.45) is 5.73 Å². The van der Waals surface area contributed by atoms with Crippen molar-refractivity contribution in [2.45, 2.75) is 52.0 Å². The van der Waals surface area contributed by atoms with Crippen LogP contribution in [-0.4, -0.2) is 11.8 Å². The number of Topliss-reactive ketones (excluding diaryl/α,β-unsaturated/α-hetero) is 1. The van der Waals surface area contributed by atoms with Gasteiger partial charge in [-0.3, -0.25) is 0 Å². The van der Waals surface area contributed by atoms with E-state index in [-0.39, 0.29) is 11.8 Å². The van der Waals surface area contributed by atoms with Gasteiger partial charge in [-0.1, -0.05) is 19.8 Å². The number of nitrogens with two attached hydrogens (primary N) is 1. The average molecular weight is 157 g/mol. The summed E-state index contributed by atoms with van der Waals surface area (Å²) in [7, 11) is 0. The molecule has 0 radical (unpaired) electrons. The zero-order chi connectivity index (χ0) is 8.69. The van der Waals surface area contributed by atoms with Crippen LogP contribution >= 0.6 is 0 Å². The van der Waals surface area contributed by atoms with Gasteiger partial charge in [0, 0.05) is 12.5 Å². The van der Waals surface area contributed by atoms with Gasteiger partial charge in [0.05, 0.1) is 0 Å². The van der Waals surface area contributed by atoms with Crippen LogP contribution in [0.25, 0.3) is 0 Å². The van der Waals surface area contributed by atoms with Crippen molar-refractivity contribution in [3.8, 4) is 0 Å². The van der Waals surface area contributed by atoms with Gasteiger partial charge < -0.3 is 10.5 Å². The Hall–Kier alpha value is -0.370. The number of carbonyl (C=O) groups is 1. The number of unbranched alkanes of at least 4 members (excludes halogenated alkanes) is 1. The topological polar surface area (TPSA) is 43.1 Å². The minimum Gasteiger partial charge on any atom is -0.328 e. The van der Waals surface area contributed by atoms with E-state index in [1.807, 2.05) is 0 Å². The standard InChI is InChI=1S/C9H19NO/c1-3-4-5-9(10)7-6-8(2)11/h9H,3-7,10H2,1-2H3/t9-/m1/s1. The SMILES string of the molecule is CCCC[C@@H](N)CCC(C)=O. The van der Waals surface area contributed by atoms with Crippen molar-refractivity contribution in [3.05, 3.63) is 0 Å². The van der Waals surface area contributed by atoms with Crippen molar-refractivity contribution < 1.29 is 4.79 Å². The van der Waals surface area contributed by atoms with E-state index in [0.717, 1.165) is 12.8 Å². The van der Waals surface area contributed by atoms with Crippen LogP contribution in [0.3, 0.4) is 0 Å². The van der Waals surface area contributed by atoms with Crippen LogP contribution in [0.1, 0.15) is 46.0 Å². The van der Waals surface area contributed by atoms with E-state index >= 15 is 0 Å². The van der Waals surface area contributed by atoms with Gasteiger partial charge in [0.25, 0.3) is 0 Å². The fraction of sp³-hybridized carbons (Fsp3) is 0.889. The van der Waals surface area contributed by atoms with Crippen molar-refractivity contribution in [2.75, 3.05) is 0 Å². The number of rotatable bonds is 6. The number of hydrogen-bond donors (Lipinski definition) is 1. The van der Waals surface area contributed by atoms with E-state index in [1.165, 1.54) is 12.8 Å². The van der Waals surface area contributed by atoms with Gasteiger partial charge in [-0.2, -0.15) is 0 Å². The van der Waals surface area contributed by atoms with Gasteiger partial charge >= 0.3 is 0 Å². The van der Waals surface area contributed by atoms with Crippen molar-refractivity contribution in [1.82, 2.24) is 0 Å². The fourth-order valence-corrected chi connectivity index (χ4v) is 0.999. The Morgan fingerprint density at radius 2 is 2.09 bits per heavy atom. The molecule has 1 atom stereocenters. The van der Waals surface area contributed by atoms with Crippen molar-refractivity contribution >= 4 is 5.78 Å². The predicted molar refractivity (Wildman–Crippen MR) is 47.4 cm³/mol. The molecule has 0 aliphatic rings. The molecule has 0 fully saturated rings. The summed E-state index contributed by atoms with van der Waals surface area (Å²) in [5.41, 5.74) is 5.76. The minimum atomic E-state index is 0.235. The summed E-state index contributed by atoms with van der Waals surface area (Å²) in [6, 6.07) is 0.235. The van der Waals surface area contributed by atoms with E-state index in [1.54, 1.807) is 6.92 Å². The smallest absolute Gasteiger partial charge is 0.129 e. The summed E-state index contributed by atoms with van der Waals surface area (Å²) >= 11 is 0. The molecule has 2 heteroatoms. The third-order valence-electron chi connectivity index (χ3n) is 1.80. The molecule has 0 amide bonds. The summed E-state index contributed by atoms with van der Waals surface area (Å²) in [5, 5.41) is 0. The molecule has 0 spiro atoms. The lowest BCUT2D eigenvalue weighted by atomic mass is 10.0. The second-order valence-corrected chi connectivity index (χ2v) is 3.14. The van der Waals surface area contributed by atoms with Gasteiger partial charge in [0.15, 0.2) is 0 Å². The lowest BCUT2D eigenvalue weighted by Crippen LogP contribution is -2.20. The van der Waals surface area contributed by atoms with E-state index < -0.39 is 0 Å². The van der Waals surface area contributed by atoms with Crippen LogP contribution in [0, 0.1) is 0 Å². The van der Waals surface area contributed by atoms with Gasteiger partial charge in [-0.25, -0.2) is 0 Å². The van der Waals surface area contributed by atoms with Gasteiger partial charge in [-0.05, 0) is 19.8 Å². The Bertz CT molecular complexity index is 112. The Kier molecular flexibility index (Phi) is 6.13. The van der Waals surface area contributed by atoms with E-state index in [2.05, 4.69) is 6.92 Å². The molecule has 0 unspecified atom stereocenters. The lowest BCUT2D eigenvalue weighted by molar-refractivity contribution is -0.117. The molecule has 0 bridgehead atoms. The molecule has 2 N–H and O–H groups in total. The zero-order valence-corrected chi connectivity index (χ0v) is 7.60. The van der Waals surface area contributed by atoms with E-state index in [0.29, 0.717) is 6.42 Å². The van der Waals surface area contributed by atoms with Crippen LogP contribution < -0.4 is 5.73 Å². The molecule has 66 valence electrons. The first-order valence-electron chi connectivity index (χ1n) is 4.41. The van der Waals surface area contributed by atoms with Crippen molar-refractivity contribution in [1.29, 1.82) is 0 Å². The first-order chi connectivity index (χ1) is 5.16. The fourth-order valence-electron chi connectivity index (χ4n) is 0.999. The summed E-state index contributed by atoms with van der Waals surface area (Å²) in [4.78, 5) is 10.6. The predicted octanol–water partition coefficient (Wildman–Crippen LogP) is 1.87. The van der Waals surface area contributed by atoms with Crippen LogP contribution in [0.5, 0.6) is 0 Å². The average Bonchev–Trinajstić information content (AvgIpc) is 1.97. The normalized spacial score (nSPS) is 13.0. The van der Waals surface area contributed by atoms with Crippen LogP contribution in [0.4, 0.5) is 0 Å². The maximum atomic E-state index is 10.6. The summed E-state index contributed by atoms with van der Waals surface area (Å²) < 4.78 is 0. The first kappa shape index (κ1) is 10.6. The number of ketones is 1. The highest BCUT2D eigenvalue weighted by Gasteiger charge is 2.02. The highest BCUT2D eigenvalue weighted by molar-refractivity contribution is 5.75. The second kappa shape index (κ2) is 6.35. The molecule has 0 heterocycles. The minimum absolute atomic E-state index is 0.235. The third kappa shape index (κ3) is 7.53. The van der Waals surface area contributed by atoms with E-state index in [9.17, 15) is 4.79 Å². The largest absolute Gasteiger partial charge is 0.328 e. The molecule has 0 aliphatic carbocycles. The molecule has 0 aromatic carbocycles. The highest BCUT2D eigenvalue weighted by Crippen LogP contribution is 2.04. The molecule has 0 saturated heterocycles. The number of carbonyl (C=O) groups excluding carboxylic acids is 1. The van der Waals surface area contributed by atoms with Crippen LogP contribution in [-0.2, 0) is 4.79 Å². The second-order valence-electron chi connectivity index (χ2n) is 3.14. The quantitative estimate of drug-likeness (QED) is 0.639. The lowest BCUT2D eigenvalue weighted by Gasteiger charge is -2.08. The molecule has 0 saturated carbocycles. The monoisotopic (exact) mass is 157 g/mol. The zero-order valence-electron chi connectivity index (χ0n) is 7.60. The van der Waals surface area contributed by atoms with Gasteiger partial charge in [0.1, 0.15) is 5.78 Å². The van der Waals surface area contributed by atoms with Gasteiger partial charge in [-0.15, -0.1) is 0 Å². The first-order valence-corrected chi connectivity index (χ1v) is 4.41. The number of hydrogen-bond acceptors (Lipinski definition) is 2. The van der Waals surface area contributed by atoms with E-state index in [4.69, 9.17) is 5.73 Å². The summed E-state index contributed by atoms with van der Waals surface area (Å²) in [6.07, 6.45) is 4.93. The third-order valence-corrected chi connectivity index (χ3v) is 1.80.